The molecule has 0 radical (unpaired) electrons. The Kier molecular flexibility index (Phi) is 5.65. The first-order valence-corrected chi connectivity index (χ1v) is 10.2. The normalized spacial score (nSPS) is 14.2. The molecule has 1 heterocycles. The number of anilines is 1. The van der Waals surface area contributed by atoms with E-state index >= 15 is 0 Å². The van der Waals surface area contributed by atoms with E-state index in [1.54, 1.807) is 31.2 Å². The predicted octanol–water partition coefficient (Wildman–Crippen LogP) is 4.69. The van der Waals surface area contributed by atoms with Crippen molar-refractivity contribution in [1.82, 2.24) is 4.98 Å². The Morgan fingerprint density at radius 3 is 2.63 bits per heavy atom. The van der Waals surface area contributed by atoms with Crippen molar-refractivity contribution >= 4 is 28.5 Å². The van der Waals surface area contributed by atoms with Crippen molar-refractivity contribution in [2.45, 2.75) is 38.7 Å². The van der Waals surface area contributed by atoms with Gasteiger partial charge in [0.1, 0.15) is 5.75 Å². The molecule has 0 bridgehead atoms. The quantitative estimate of drug-likeness (QED) is 0.578. The summed E-state index contributed by atoms with van der Waals surface area (Å²) in [4.78, 5) is 30.2. The number of benzene rings is 2. The van der Waals surface area contributed by atoms with Crippen molar-refractivity contribution < 1.29 is 19.1 Å². The number of esters is 1. The third-order valence-corrected chi connectivity index (χ3v) is 5.05. The summed E-state index contributed by atoms with van der Waals surface area (Å²) in [6, 6.07) is 16.4. The van der Waals surface area contributed by atoms with Crippen LogP contribution in [-0.2, 0) is 9.53 Å². The molecule has 1 saturated carbocycles. The monoisotopic (exact) mass is 404 g/mol. The smallest absolute Gasteiger partial charge is 0.339 e. The van der Waals surface area contributed by atoms with Gasteiger partial charge >= 0.3 is 5.97 Å². The topological polar surface area (TPSA) is 77.5 Å². The highest BCUT2D eigenvalue weighted by atomic mass is 16.5. The Labute approximate surface area is 175 Å². The molecule has 1 aliphatic carbocycles. The zero-order chi connectivity index (χ0) is 21.1. The second-order valence-electron chi connectivity index (χ2n) is 7.35. The molecule has 1 aliphatic rings. The summed E-state index contributed by atoms with van der Waals surface area (Å²) in [6.45, 7) is 3.91. The summed E-state index contributed by atoms with van der Waals surface area (Å²) in [7, 11) is 0. The van der Waals surface area contributed by atoms with E-state index in [1.165, 1.54) is 0 Å². The Balaban J connectivity index is 1.52. The summed E-state index contributed by atoms with van der Waals surface area (Å²) >= 11 is 0. The Morgan fingerprint density at radius 2 is 1.87 bits per heavy atom. The molecular weight excluding hydrogens is 380 g/mol. The van der Waals surface area contributed by atoms with Gasteiger partial charge in [-0.2, -0.15) is 0 Å². The number of amides is 1. The van der Waals surface area contributed by atoms with Crippen molar-refractivity contribution in [1.29, 1.82) is 0 Å². The number of rotatable bonds is 7. The van der Waals surface area contributed by atoms with Crippen LogP contribution in [0.5, 0.6) is 5.75 Å². The third-order valence-electron chi connectivity index (χ3n) is 5.05. The molecule has 0 spiro atoms. The van der Waals surface area contributed by atoms with Gasteiger partial charge in [0, 0.05) is 17.0 Å². The molecule has 0 saturated heterocycles. The molecule has 1 amide bonds. The molecule has 3 aromatic rings. The number of hydrogen-bond acceptors (Lipinski definition) is 5. The fourth-order valence-corrected chi connectivity index (χ4v) is 3.32. The maximum absolute atomic E-state index is 12.9. The average Bonchev–Trinajstić information content (AvgIpc) is 3.60. The minimum Gasteiger partial charge on any atom is -0.492 e. The SMILES string of the molecule is CCOc1ccccc1NC(=O)[C@@H](C)OC(=O)c1cc(C2CC2)nc2ccccc12. The van der Waals surface area contributed by atoms with Crippen LogP contribution in [0.3, 0.4) is 0 Å². The van der Waals surface area contributed by atoms with Crippen LogP contribution in [0.2, 0.25) is 0 Å². The van der Waals surface area contributed by atoms with Crippen LogP contribution >= 0.6 is 0 Å². The van der Waals surface area contributed by atoms with Gasteiger partial charge in [0.05, 0.1) is 23.4 Å². The van der Waals surface area contributed by atoms with Crippen LogP contribution in [0.15, 0.2) is 54.6 Å². The fourth-order valence-electron chi connectivity index (χ4n) is 3.32. The van der Waals surface area contributed by atoms with Gasteiger partial charge in [0.25, 0.3) is 5.91 Å². The lowest BCUT2D eigenvalue weighted by molar-refractivity contribution is -0.123. The van der Waals surface area contributed by atoms with E-state index in [9.17, 15) is 9.59 Å². The molecule has 6 heteroatoms. The van der Waals surface area contributed by atoms with E-state index in [0.29, 0.717) is 29.5 Å². The number of hydrogen-bond donors (Lipinski definition) is 1. The molecule has 1 aromatic heterocycles. The van der Waals surface area contributed by atoms with Crippen molar-refractivity contribution in [3.8, 4) is 5.75 Å². The van der Waals surface area contributed by atoms with Crippen molar-refractivity contribution in [2.24, 2.45) is 0 Å². The van der Waals surface area contributed by atoms with E-state index in [4.69, 9.17) is 9.47 Å². The number of nitrogens with zero attached hydrogens (tertiary/aromatic N) is 1. The third kappa shape index (κ3) is 4.27. The number of aromatic nitrogens is 1. The Morgan fingerprint density at radius 1 is 1.13 bits per heavy atom. The van der Waals surface area contributed by atoms with E-state index in [-0.39, 0.29) is 0 Å². The fraction of sp³-hybridized carbons (Fsp3) is 0.292. The molecular formula is C24H24N2O4. The van der Waals surface area contributed by atoms with Gasteiger partial charge in [-0.1, -0.05) is 30.3 Å². The number of pyridine rings is 1. The van der Waals surface area contributed by atoms with Gasteiger partial charge in [0.15, 0.2) is 6.10 Å². The van der Waals surface area contributed by atoms with Gasteiger partial charge in [-0.05, 0) is 51.0 Å². The van der Waals surface area contributed by atoms with E-state index in [2.05, 4.69) is 10.3 Å². The highest BCUT2D eigenvalue weighted by molar-refractivity contribution is 6.05. The minimum atomic E-state index is -0.969. The van der Waals surface area contributed by atoms with Crippen LogP contribution in [0.1, 0.15) is 48.7 Å². The lowest BCUT2D eigenvalue weighted by Crippen LogP contribution is -2.30. The average molecular weight is 404 g/mol. The van der Waals surface area contributed by atoms with Gasteiger partial charge in [-0.15, -0.1) is 0 Å². The summed E-state index contributed by atoms with van der Waals surface area (Å²) in [5.41, 5.74) is 2.65. The molecule has 4 rings (SSSR count). The predicted molar refractivity (Wildman–Crippen MR) is 115 cm³/mol. The number of nitrogens with one attached hydrogen (secondary N) is 1. The zero-order valence-corrected chi connectivity index (χ0v) is 17.1. The molecule has 2 aromatic carbocycles. The number of para-hydroxylation sites is 3. The van der Waals surface area contributed by atoms with Crippen molar-refractivity contribution in [3.63, 3.8) is 0 Å². The lowest BCUT2D eigenvalue weighted by atomic mass is 10.1. The number of fused-ring (bicyclic) bond motifs is 1. The van der Waals surface area contributed by atoms with Gasteiger partial charge in [0.2, 0.25) is 0 Å². The summed E-state index contributed by atoms with van der Waals surface area (Å²) in [6.07, 6.45) is 1.19. The molecule has 154 valence electrons. The molecule has 1 fully saturated rings. The summed E-state index contributed by atoms with van der Waals surface area (Å²) in [5.74, 6) is 0.0190. The van der Waals surface area contributed by atoms with Crippen LogP contribution in [0.25, 0.3) is 10.9 Å². The van der Waals surface area contributed by atoms with Crippen LogP contribution in [0.4, 0.5) is 5.69 Å². The summed E-state index contributed by atoms with van der Waals surface area (Å²) in [5, 5.41) is 3.50. The van der Waals surface area contributed by atoms with Crippen LogP contribution in [0, 0.1) is 0 Å². The number of carbonyl (C=O) groups is 2. The van der Waals surface area contributed by atoms with E-state index in [1.807, 2.05) is 37.3 Å². The molecule has 1 N–H and O–H groups in total. The Hall–Kier alpha value is -3.41. The molecule has 0 unspecified atom stereocenters. The number of carbonyl (C=O) groups excluding carboxylic acids is 2. The molecule has 6 nitrogen and oxygen atoms in total. The highest BCUT2D eigenvalue weighted by Crippen LogP contribution is 2.40. The van der Waals surface area contributed by atoms with Gasteiger partial charge in [-0.25, -0.2) is 4.79 Å². The molecule has 0 aliphatic heterocycles. The lowest BCUT2D eigenvalue weighted by Gasteiger charge is -2.16. The molecule has 30 heavy (non-hydrogen) atoms. The second kappa shape index (κ2) is 8.53. The first-order valence-electron chi connectivity index (χ1n) is 10.2. The maximum atomic E-state index is 12.9. The maximum Gasteiger partial charge on any atom is 0.339 e. The van der Waals surface area contributed by atoms with E-state index < -0.39 is 18.0 Å². The highest BCUT2D eigenvalue weighted by Gasteiger charge is 2.28. The van der Waals surface area contributed by atoms with Crippen molar-refractivity contribution in [3.05, 3.63) is 65.9 Å². The number of ether oxygens (including phenoxy) is 2. The first kappa shape index (κ1) is 19.9. The Bertz CT molecular complexity index is 1090. The van der Waals surface area contributed by atoms with Crippen LogP contribution < -0.4 is 10.1 Å². The first-order chi connectivity index (χ1) is 14.6. The van der Waals surface area contributed by atoms with Gasteiger partial charge in [-0.3, -0.25) is 9.78 Å². The molecule has 1 atom stereocenters. The zero-order valence-electron chi connectivity index (χ0n) is 17.1. The summed E-state index contributed by atoms with van der Waals surface area (Å²) < 4.78 is 11.0. The largest absolute Gasteiger partial charge is 0.492 e. The van der Waals surface area contributed by atoms with Crippen molar-refractivity contribution in [2.75, 3.05) is 11.9 Å². The van der Waals surface area contributed by atoms with Gasteiger partial charge < -0.3 is 14.8 Å². The van der Waals surface area contributed by atoms with E-state index in [0.717, 1.165) is 29.4 Å². The van der Waals surface area contributed by atoms with Crippen LogP contribution in [-0.4, -0.2) is 29.6 Å². The second-order valence-corrected chi connectivity index (χ2v) is 7.35. The minimum absolute atomic E-state index is 0.400. The standard InChI is InChI=1S/C24H24N2O4/c1-3-29-22-11-7-6-10-20(22)26-23(27)15(2)30-24(28)18-14-21(16-12-13-16)25-19-9-5-4-8-17(18)19/h4-11,14-16H,3,12-13H2,1-2H3,(H,26,27)/t15-/m1/s1.